The number of halogens is 2. The summed E-state index contributed by atoms with van der Waals surface area (Å²) in [5.74, 6) is 0. The summed E-state index contributed by atoms with van der Waals surface area (Å²) in [7, 11) is 0. The van der Waals surface area contributed by atoms with Crippen LogP contribution in [0.15, 0.2) is 12.7 Å². The largest absolute Gasteiger partial charge is 0.314 e. The van der Waals surface area contributed by atoms with Crippen LogP contribution in [0.25, 0.3) is 0 Å². The van der Waals surface area contributed by atoms with Gasteiger partial charge >= 0.3 is 0 Å². The molecule has 1 aromatic carbocycles. The zero-order valence-electron chi connectivity index (χ0n) is 14.5. The summed E-state index contributed by atoms with van der Waals surface area (Å²) in [4.78, 5) is 2.55. The lowest BCUT2D eigenvalue weighted by atomic mass is 9.85. The van der Waals surface area contributed by atoms with Crippen LogP contribution in [0.5, 0.6) is 0 Å². The van der Waals surface area contributed by atoms with E-state index in [1.807, 2.05) is 0 Å². The molecule has 0 spiro atoms. The first-order chi connectivity index (χ1) is 9.49. The van der Waals surface area contributed by atoms with Gasteiger partial charge in [0.25, 0.3) is 0 Å². The standard InChI is InChI=1S/C18H28N2.2ClH/c1-7-17(20-10-8-19-9-11-20)18-15(5)13(3)12(2)14(4)16(18)6;;/h7,17,19H,1,8-11H2,2-6H3;2*1H/t17-;;/m0../s1. The smallest absolute Gasteiger partial charge is 0.0535 e. The molecule has 0 aliphatic carbocycles. The molecule has 1 aliphatic rings. The highest BCUT2D eigenvalue weighted by atomic mass is 35.5. The number of hydrogen-bond donors (Lipinski definition) is 1. The van der Waals surface area contributed by atoms with Gasteiger partial charge in [0.15, 0.2) is 0 Å². The Morgan fingerprint density at radius 3 is 1.68 bits per heavy atom. The van der Waals surface area contributed by atoms with E-state index < -0.39 is 0 Å². The van der Waals surface area contributed by atoms with Gasteiger partial charge in [-0.25, -0.2) is 0 Å². The van der Waals surface area contributed by atoms with E-state index in [0.717, 1.165) is 26.2 Å². The molecule has 1 saturated heterocycles. The van der Waals surface area contributed by atoms with Crippen LogP contribution < -0.4 is 5.32 Å². The molecule has 1 atom stereocenters. The fourth-order valence-corrected chi connectivity index (χ4v) is 3.38. The van der Waals surface area contributed by atoms with Gasteiger partial charge in [-0.15, -0.1) is 31.4 Å². The number of rotatable bonds is 3. The lowest BCUT2D eigenvalue weighted by Gasteiger charge is -2.36. The highest BCUT2D eigenvalue weighted by Gasteiger charge is 2.24. The van der Waals surface area contributed by atoms with Gasteiger partial charge in [-0.1, -0.05) is 6.08 Å². The van der Waals surface area contributed by atoms with Gasteiger partial charge in [0, 0.05) is 26.2 Å². The fraction of sp³-hybridized carbons (Fsp3) is 0.556. The monoisotopic (exact) mass is 344 g/mol. The predicted octanol–water partition coefficient (Wildman–Crippen LogP) is 4.20. The van der Waals surface area contributed by atoms with Crippen LogP contribution >= 0.6 is 24.8 Å². The average Bonchev–Trinajstić information content (AvgIpc) is 2.48. The summed E-state index contributed by atoms with van der Waals surface area (Å²) in [6.45, 7) is 19.7. The van der Waals surface area contributed by atoms with Crippen molar-refractivity contribution in [2.45, 2.75) is 40.7 Å². The molecule has 4 heteroatoms. The van der Waals surface area contributed by atoms with Crippen LogP contribution in [0.1, 0.15) is 39.4 Å². The van der Waals surface area contributed by atoms with Gasteiger partial charge < -0.3 is 5.32 Å². The summed E-state index contributed by atoms with van der Waals surface area (Å²) in [6.07, 6.45) is 2.12. The second kappa shape index (κ2) is 8.93. The third-order valence-electron chi connectivity index (χ3n) is 5.12. The van der Waals surface area contributed by atoms with Gasteiger partial charge in [-0.3, -0.25) is 4.90 Å². The van der Waals surface area contributed by atoms with Crippen LogP contribution in [0.4, 0.5) is 0 Å². The second-order valence-corrected chi connectivity index (χ2v) is 6.01. The van der Waals surface area contributed by atoms with Crippen molar-refractivity contribution >= 4 is 24.8 Å². The molecule has 0 aromatic heterocycles. The van der Waals surface area contributed by atoms with Crippen LogP contribution in [0.2, 0.25) is 0 Å². The average molecular weight is 345 g/mol. The quantitative estimate of drug-likeness (QED) is 0.826. The van der Waals surface area contributed by atoms with E-state index in [2.05, 4.69) is 57.5 Å². The Bertz CT molecular complexity index is 491. The van der Waals surface area contributed by atoms with Crippen molar-refractivity contribution in [2.75, 3.05) is 26.2 Å². The first-order valence-corrected chi connectivity index (χ1v) is 7.63. The van der Waals surface area contributed by atoms with Crippen LogP contribution in [-0.4, -0.2) is 31.1 Å². The van der Waals surface area contributed by atoms with Crippen molar-refractivity contribution in [3.63, 3.8) is 0 Å². The first-order valence-electron chi connectivity index (χ1n) is 7.63. The second-order valence-electron chi connectivity index (χ2n) is 6.01. The highest BCUT2D eigenvalue weighted by molar-refractivity contribution is 5.85. The summed E-state index contributed by atoms with van der Waals surface area (Å²) >= 11 is 0. The number of benzene rings is 1. The van der Waals surface area contributed by atoms with Crippen molar-refractivity contribution < 1.29 is 0 Å². The Hall–Kier alpha value is -0.540. The molecule has 1 N–H and O–H groups in total. The van der Waals surface area contributed by atoms with Crippen molar-refractivity contribution in [1.82, 2.24) is 10.2 Å². The Kier molecular flexibility index (Phi) is 8.71. The molecular formula is C18H30Cl2N2. The third kappa shape index (κ3) is 3.86. The summed E-state index contributed by atoms with van der Waals surface area (Å²) in [5, 5.41) is 3.43. The van der Waals surface area contributed by atoms with Crippen molar-refractivity contribution in [3.05, 3.63) is 46.0 Å². The van der Waals surface area contributed by atoms with E-state index in [0.29, 0.717) is 6.04 Å². The molecule has 0 radical (unpaired) electrons. The van der Waals surface area contributed by atoms with Crippen LogP contribution in [0.3, 0.4) is 0 Å². The molecule has 2 rings (SSSR count). The van der Waals surface area contributed by atoms with Gasteiger partial charge in [0.1, 0.15) is 0 Å². The Labute approximate surface area is 148 Å². The molecule has 0 saturated carbocycles. The molecule has 0 amide bonds. The summed E-state index contributed by atoms with van der Waals surface area (Å²) in [6, 6.07) is 0.343. The zero-order valence-corrected chi connectivity index (χ0v) is 16.1. The Morgan fingerprint density at radius 1 is 0.864 bits per heavy atom. The topological polar surface area (TPSA) is 15.3 Å². The van der Waals surface area contributed by atoms with Gasteiger partial charge in [-0.05, 0) is 68.0 Å². The molecule has 0 unspecified atom stereocenters. The molecule has 22 heavy (non-hydrogen) atoms. The maximum absolute atomic E-state index is 4.11. The van der Waals surface area contributed by atoms with E-state index >= 15 is 0 Å². The Morgan fingerprint density at radius 2 is 1.27 bits per heavy atom. The van der Waals surface area contributed by atoms with Crippen LogP contribution in [0, 0.1) is 34.6 Å². The fourth-order valence-electron chi connectivity index (χ4n) is 3.38. The maximum atomic E-state index is 4.11. The highest BCUT2D eigenvalue weighted by Crippen LogP contribution is 2.34. The van der Waals surface area contributed by atoms with E-state index in [-0.39, 0.29) is 24.8 Å². The molecule has 1 heterocycles. The summed E-state index contributed by atoms with van der Waals surface area (Å²) in [5.41, 5.74) is 8.66. The van der Waals surface area contributed by atoms with Gasteiger partial charge in [0.05, 0.1) is 6.04 Å². The van der Waals surface area contributed by atoms with E-state index in [4.69, 9.17) is 0 Å². The minimum Gasteiger partial charge on any atom is -0.314 e. The molecule has 1 aromatic rings. The molecule has 2 nitrogen and oxygen atoms in total. The first kappa shape index (κ1) is 21.5. The lowest BCUT2D eigenvalue weighted by molar-refractivity contribution is 0.202. The van der Waals surface area contributed by atoms with Gasteiger partial charge in [-0.2, -0.15) is 0 Å². The maximum Gasteiger partial charge on any atom is 0.0535 e. The number of hydrogen-bond acceptors (Lipinski definition) is 2. The normalized spacial score (nSPS) is 16.4. The van der Waals surface area contributed by atoms with Crippen molar-refractivity contribution in [3.8, 4) is 0 Å². The molecule has 1 aliphatic heterocycles. The van der Waals surface area contributed by atoms with Crippen molar-refractivity contribution in [1.29, 1.82) is 0 Å². The SMILES string of the molecule is C=C[C@@H](c1c(C)c(C)c(C)c(C)c1C)N1CCNCC1.Cl.Cl. The lowest BCUT2D eigenvalue weighted by Crippen LogP contribution is -2.45. The predicted molar refractivity (Wildman–Crippen MR) is 102 cm³/mol. The van der Waals surface area contributed by atoms with Crippen LogP contribution in [-0.2, 0) is 0 Å². The summed E-state index contributed by atoms with van der Waals surface area (Å²) < 4.78 is 0. The number of nitrogens with one attached hydrogen (secondary N) is 1. The molecule has 0 bridgehead atoms. The molecule has 126 valence electrons. The van der Waals surface area contributed by atoms with E-state index in [1.165, 1.54) is 33.4 Å². The zero-order chi connectivity index (χ0) is 14.9. The third-order valence-corrected chi connectivity index (χ3v) is 5.12. The molecular weight excluding hydrogens is 315 g/mol. The minimum absolute atomic E-state index is 0. The minimum atomic E-state index is 0. The van der Waals surface area contributed by atoms with Crippen molar-refractivity contribution in [2.24, 2.45) is 0 Å². The number of piperazine rings is 1. The number of nitrogens with zero attached hydrogens (tertiary/aromatic N) is 1. The van der Waals surface area contributed by atoms with Gasteiger partial charge in [0.2, 0.25) is 0 Å². The van der Waals surface area contributed by atoms with E-state index in [9.17, 15) is 0 Å². The van der Waals surface area contributed by atoms with E-state index in [1.54, 1.807) is 0 Å². The Balaban J connectivity index is 0.00000220. The molecule has 1 fully saturated rings.